The lowest BCUT2D eigenvalue weighted by Gasteiger charge is -2.17. The lowest BCUT2D eigenvalue weighted by Crippen LogP contribution is -2.46. The average Bonchev–Trinajstić information content (AvgIpc) is 2.15. The summed E-state index contributed by atoms with van der Waals surface area (Å²) < 4.78 is 31.9. The van der Waals surface area contributed by atoms with Crippen LogP contribution in [-0.4, -0.2) is 45.8 Å². The van der Waals surface area contributed by atoms with Gasteiger partial charge in [0.2, 0.25) is 0 Å². The third kappa shape index (κ3) is 6.01. The molecule has 0 radical (unpaired) electrons. The number of carboxylic acids is 1. The Hall–Kier alpha value is -0.700. The molecule has 16 heavy (non-hydrogen) atoms. The van der Waals surface area contributed by atoms with Gasteiger partial charge in [0.25, 0.3) is 10.2 Å². The minimum absolute atomic E-state index is 0.139. The molecule has 0 aromatic heterocycles. The molecule has 0 heterocycles. The molecule has 0 saturated heterocycles. The summed E-state index contributed by atoms with van der Waals surface area (Å²) >= 11 is 0. The van der Waals surface area contributed by atoms with Crippen molar-refractivity contribution >= 4 is 16.2 Å². The van der Waals surface area contributed by atoms with Crippen molar-refractivity contribution in [1.82, 2.24) is 9.44 Å². The number of ether oxygens (including phenoxy) is 1. The van der Waals surface area contributed by atoms with Crippen molar-refractivity contribution in [3.8, 4) is 0 Å². The summed E-state index contributed by atoms with van der Waals surface area (Å²) in [5.74, 6) is -1.84. The highest BCUT2D eigenvalue weighted by molar-refractivity contribution is 7.87. The highest BCUT2D eigenvalue weighted by Gasteiger charge is 2.23. The smallest absolute Gasteiger partial charge is 0.307 e. The Labute approximate surface area is 95.4 Å². The van der Waals surface area contributed by atoms with Crippen LogP contribution < -0.4 is 9.44 Å². The maximum absolute atomic E-state index is 11.4. The number of nitrogens with one attached hydrogen (secondary N) is 2. The summed E-state index contributed by atoms with van der Waals surface area (Å²) in [5.41, 5.74) is 0. The second kappa shape index (κ2) is 6.79. The Balaban J connectivity index is 4.20. The number of carboxylic acid groups (broad SMARTS) is 1. The molecule has 3 N–H and O–H groups in total. The molecule has 0 bridgehead atoms. The van der Waals surface area contributed by atoms with Gasteiger partial charge in [0.05, 0.1) is 12.5 Å². The zero-order valence-corrected chi connectivity index (χ0v) is 10.4. The monoisotopic (exact) mass is 254 g/mol. The molecule has 2 atom stereocenters. The fraction of sp³-hybridized carbons (Fsp3) is 0.875. The first kappa shape index (κ1) is 15.3. The summed E-state index contributed by atoms with van der Waals surface area (Å²) in [7, 11) is -2.22. The van der Waals surface area contributed by atoms with E-state index in [9.17, 15) is 13.2 Å². The molecule has 0 aromatic rings. The van der Waals surface area contributed by atoms with Crippen LogP contribution in [0.1, 0.15) is 13.8 Å². The van der Waals surface area contributed by atoms with E-state index in [1.54, 1.807) is 0 Å². The SMILES string of the molecule is COCCNS(=O)(=O)NC(C)C(C)C(=O)O. The van der Waals surface area contributed by atoms with Crippen molar-refractivity contribution in [2.45, 2.75) is 19.9 Å². The van der Waals surface area contributed by atoms with Crippen LogP contribution in [0.2, 0.25) is 0 Å². The summed E-state index contributed by atoms with van der Waals surface area (Å²) in [6.45, 7) is 3.32. The van der Waals surface area contributed by atoms with Crippen LogP contribution in [-0.2, 0) is 19.7 Å². The van der Waals surface area contributed by atoms with E-state index in [0.717, 1.165) is 0 Å². The lowest BCUT2D eigenvalue weighted by molar-refractivity contribution is -0.141. The molecular weight excluding hydrogens is 236 g/mol. The van der Waals surface area contributed by atoms with E-state index in [1.807, 2.05) is 0 Å². The molecule has 2 unspecified atom stereocenters. The zero-order chi connectivity index (χ0) is 12.8. The van der Waals surface area contributed by atoms with Gasteiger partial charge in [-0.05, 0) is 6.92 Å². The van der Waals surface area contributed by atoms with Crippen molar-refractivity contribution in [3.63, 3.8) is 0 Å². The van der Waals surface area contributed by atoms with E-state index in [-0.39, 0.29) is 13.2 Å². The quantitative estimate of drug-likeness (QED) is 0.490. The highest BCUT2D eigenvalue weighted by atomic mass is 32.2. The van der Waals surface area contributed by atoms with Gasteiger partial charge in [-0.25, -0.2) is 0 Å². The van der Waals surface area contributed by atoms with Crippen LogP contribution in [0.4, 0.5) is 0 Å². The fourth-order valence-electron chi connectivity index (χ4n) is 0.880. The third-order valence-corrected chi connectivity index (χ3v) is 3.35. The van der Waals surface area contributed by atoms with Gasteiger partial charge < -0.3 is 9.84 Å². The van der Waals surface area contributed by atoms with Crippen LogP contribution in [0.15, 0.2) is 0 Å². The predicted molar refractivity (Wildman–Crippen MR) is 58.2 cm³/mol. The number of carbonyl (C=O) groups is 1. The maximum atomic E-state index is 11.4. The van der Waals surface area contributed by atoms with Crippen molar-refractivity contribution < 1.29 is 23.1 Å². The lowest BCUT2D eigenvalue weighted by atomic mass is 10.1. The van der Waals surface area contributed by atoms with Gasteiger partial charge in [0, 0.05) is 19.7 Å². The molecule has 0 aliphatic carbocycles. The Morgan fingerprint density at radius 2 is 2.00 bits per heavy atom. The fourth-order valence-corrected chi connectivity index (χ4v) is 2.01. The van der Waals surface area contributed by atoms with Crippen LogP contribution >= 0.6 is 0 Å². The van der Waals surface area contributed by atoms with E-state index in [1.165, 1.54) is 21.0 Å². The second-order valence-corrected chi connectivity index (χ2v) is 4.96. The van der Waals surface area contributed by atoms with Gasteiger partial charge >= 0.3 is 5.97 Å². The van der Waals surface area contributed by atoms with Crippen molar-refractivity contribution in [2.75, 3.05) is 20.3 Å². The van der Waals surface area contributed by atoms with Crippen LogP contribution in [0.25, 0.3) is 0 Å². The average molecular weight is 254 g/mol. The molecule has 7 nitrogen and oxygen atoms in total. The van der Waals surface area contributed by atoms with Crippen molar-refractivity contribution in [1.29, 1.82) is 0 Å². The molecule has 0 saturated carbocycles. The number of methoxy groups -OCH3 is 1. The Morgan fingerprint density at radius 1 is 1.44 bits per heavy atom. The molecule has 0 spiro atoms. The number of hydrogen-bond acceptors (Lipinski definition) is 4. The Kier molecular flexibility index (Phi) is 6.49. The standard InChI is InChI=1S/C8H18N2O5S/c1-6(8(11)12)7(2)10-16(13,14)9-4-5-15-3/h6-7,9-10H,4-5H2,1-3H3,(H,11,12). The van der Waals surface area contributed by atoms with Gasteiger partial charge in [-0.15, -0.1) is 0 Å². The third-order valence-electron chi connectivity index (χ3n) is 2.08. The maximum Gasteiger partial charge on any atom is 0.307 e. The molecule has 0 aliphatic heterocycles. The molecule has 96 valence electrons. The largest absolute Gasteiger partial charge is 0.481 e. The van der Waals surface area contributed by atoms with Gasteiger partial charge in [0.1, 0.15) is 0 Å². The van der Waals surface area contributed by atoms with Gasteiger partial charge in [0.15, 0.2) is 0 Å². The number of hydrogen-bond donors (Lipinski definition) is 3. The Bertz CT molecular complexity index is 316. The highest BCUT2D eigenvalue weighted by Crippen LogP contribution is 2.03. The summed E-state index contributed by atoms with van der Waals surface area (Å²) in [5, 5.41) is 8.69. The molecule has 0 amide bonds. The molecule has 0 aromatic carbocycles. The summed E-state index contributed by atoms with van der Waals surface area (Å²) in [6, 6.07) is -0.683. The predicted octanol–water partition coefficient (Wildman–Crippen LogP) is -0.834. The minimum atomic E-state index is -3.67. The normalized spacial score (nSPS) is 15.7. The summed E-state index contributed by atoms with van der Waals surface area (Å²) in [4.78, 5) is 10.6. The van der Waals surface area contributed by atoms with Gasteiger partial charge in [-0.1, -0.05) is 6.92 Å². The van der Waals surface area contributed by atoms with E-state index in [2.05, 4.69) is 14.2 Å². The second-order valence-electron chi connectivity index (χ2n) is 3.42. The Morgan fingerprint density at radius 3 is 2.44 bits per heavy atom. The summed E-state index contributed by atoms with van der Waals surface area (Å²) in [6.07, 6.45) is 0. The molecule has 8 heteroatoms. The molecule has 0 aliphatic rings. The van der Waals surface area contributed by atoms with Gasteiger partial charge in [-0.3, -0.25) is 4.79 Å². The topological polar surface area (TPSA) is 105 Å². The van der Waals surface area contributed by atoms with Crippen molar-refractivity contribution in [2.24, 2.45) is 5.92 Å². The van der Waals surface area contributed by atoms with Crippen LogP contribution in [0.3, 0.4) is 0 Å². The van der Waals surface area contributed by atoms with Crippen molar-refractivity contribution in [3.05, 3.63) is 0 Å². The van der Waals surface area contributed by atoms with Gasteiger partial charge in [-0.2, -0.15) is 17.9 Å². The van der Waals surface area contributed by atoms with E-state index in [0.29, 0.717) is 0 Å². The number of aliphatic carboxylic acids is 1. The minimum Gasteiger partial charge on any atom is -0.481 e. The molecule has 0 rings (SSSR count). The number of rotatable bonds is 8. The van der Waals surface area contributed by atoms with E-state index >= 15 is 0 Å². The van der Waals surface area contributed by atoms with Crippen LogP contribution in [0, 0.1) is 5.92 Å². The van der Waals surface area contributed by atoms with Crippen LogP contribution in [0.5, 0.6) is 0 Å². The van der Waals surface area contributed by atoms with E-state index in [4.69, 9.17) is 5.11 Å². The molecule has 0 fully saturated rings. The first-order chi connectivity index (χ1) is 7.30. The zero-order valence-electron chi connectivity index (χ0n) is 9.56. The first-order valence-corrected chi connectivity index (χ1v) is 6.27. The first-order valence-electron chi connectivity index (χ1n) is 4.79. The molecular formula is C8H18N2O5S. The van der Waals surface area contributed by atoms with E-state index < -0.39 is 28.1 Å².